The van der Waals surface area contributed by atoms with Crippen LogP contribution < -0.4 is 14.4 Å². The first-order valence-corrected chi connectivity index (χ1v) is 10.4. The van der Waals surface area contributed by atoms with Crippen LogP contribution in [-0.4, -0.2) is 49.3 Å². The van der Waals surface area contributed by atoms with Crippen LogP contribution in [0.4, 0.5) is 5.82 Å². The first-order chi connectivity index (χ1) is 14.3. The highest BCUT2D eigenvalue weighted by atomic mass is 16.5. The fraction of sp³-hybridized carbons (Fsp3) is 0.478. The molecule has 0 spiro atoms. The first kappa shape index (κ1) is 19.5. The molecule has 6 nitrogen and oxygen atoms in total. The monoisotopic (exact) mass is 392 g/mol. The molecule has 29 heavy (non-hydrogen) atoms. The van der Waals surface area contributed by atoms with Crippen molar-refractivity contribution in [2.24, 2.45) is 0 Å². The van der Waals surface area contributed by atoms with E-state index in [9.17, 15) is 5.26 Å². The molecular weight excluding hydrogens is 364 g/mol. The summed E-state index contributed by atoms with van der Waals surface area (Å²) in [6.45, 7) is 3.35. The van der Waals surface area contributed by atoms with Crippen molar-refractivity contribution >= 4 is 5.82 Å². The molecule has 1 unspecified atom stereocenters. The Labute approximate surface area is 172 Å². The normalized spacial score (nSPS) is 19.0. The fourth-order valence-corrected chi connectivity index (χ4v) is 4.26. The van der Waals surface area contributed by atoms with Gasteiger partial charge in [-0.05, 0) is 55.5 Å². The zero-order valence-corrected chi connectivity index (χ0v) is 17.0. The van der Waals surface area contributed by atoms with Crippen LogP contribution in [0.1, 0.15) is 37.3 Å². The van der Waals surface area contributed by atoms with Gasteiger partial charge in [-0.2, -0.15) is 5.26 Å². The van der Waals surface area contributed by atoms with Gasteiger partial charge in [0.25, 0.3) is 0 Å². The third kappa shape index (κ3) is 4.46. The number of benzene rings is 1. The van der Waals surface area contributed by atoms with E-state index in [1.165, 1.54) is 12.8 Å². The zero-order valence-electron chi connectivity index (χ0n) is 17.0. The number of pyridine rings is 1. The van der Waals surface area contributed by atoms with Gasteiger partial charge in [0.15, 0.2) is 11.5 Å². The predicted molar refractivity (Wildman–Crippen MR) is 112 cm³/mol. The molecule has 2 heterocycles. The maximum atomic E-state index is 9.93. The molecule has 2 fully saturated rings. The topological polar surface area (TPSA) is 61.6 Å². The number of anilines is 1. The molecule has 1 atom stereocenters. The molecule has 0 N–H and O–H groups in total. The third-order valence-electron chi connectivity index (χ3n) is 5.87. The summed E-state index contributed by atoms with van der Waals surface area (Å²) >= 11 is 0. The summed E-state index contributed by atoms with van der Waals surface area (Å²) in [5.41, 5.74) is 0.965. The maximum Gasteiger partial charge on any atom is 0.161 e. The van der Waals surface area contributed by atoms with Crippen LogP contribution >= 0.6 is 0 Å². The maximum absolute atomic E-state index is 9.93. The number of rotatable bonds is 6. The number of nitrogens with zero attached hydrogens (tertiary/aromatic N) is 4. The summed E-state index contributed by atoms with van der Waals surface area (Å²) in [7, 11) is 1.66. The Morgan fingerprint density at radius 1 is 1.07 bits per heavy atom. The lowest BCUT2D eigenvalue weighted by molar-refractivity contribution is 0.198. The van der Waals surface area contributed by atoms with Crippen molar-refractivity contribution in [3.8, 4) is 17.6 Å². The SMILES string of the molecule is COc1ccc(C(C#N)N2CCN(c3ccccn3)CC2)cc1OC1CCCC1. The van der Waals surface area contributed by atoms with Gasteiger partial charge in [0.2, 0.25) is 0 Å². The molecule has 1 aliphatic heterocycles. The van der Waals surface area contributed by atoms with Gasteiger partial charge in [0, 0.05) is 32.4 Å². The molecule has 0 bridgehead atoms. The zero-order chi connectivity index (χ0) is 20.1. The van der Waals surface area contributed by atoms with Gasteiger partial charge in [-0.3, -0.25) is 4.90 Å². The average molecular weight is 393 g/mol. The Morgan fingerprint density at radius 3 is 2.52 bits per heavy atom. The van der Waals surface area contributed by atoms with Crippen LogP contribution in [0.2, 0.25) is 0 Å². The Bertz CT molecular complexity index is 838. The summed E-state index contributed by atoms with van der Waals surface area (Å²) in [6, 6.07) is 14.1. The Hall–Kier alpha value is -2.78. The van der Waals surface area contributed by atoms with E-state index >= 15 is 0 Å². The van der Waals surface area contributed by atoms with Gasteiger partial charge in [0.05, 0.1) is 19.3 Å². The van der Waals surface area contributed by atoms with Crippen LogP contribution in [-0.2, 0) is 0 Å². The number of hydrogen-bond acceptors (Lipinski definition) is 6. The number of ether oxygens (including phenoxy) is 2. The molecular formula is C23H28N4O2. The van der Waals surface area contributed by atoms with Crippen molar-refractivity contribution in [3.05, 3.63) is 48.2 Å². The minimum absolute atomic E-state index is 0.251. The second kappa shape index (κ2) is 9.15. The molecule has 1 aliphatic carbocycles. The van der Waals surface area contributed by atoms with E-state index in [0.29, 0.717) is 0 Å². The van der Waals surface area contributed by atoms with Crippen molar-refractivity contribution < 1.29 is 9.47 Å². The average Bonchev–Trinajstić information content (AvgIpc) is 3.29. The largest absolute Gasteiger partial charge is 0.493 e. The van der Waals surface area contributed by atoms with Crippen molar-refractivity contribution in [1.29, 1.82) is 5.26 Å². The van der Waals surface area contributed by atoms with Gasteiger partial charge in [0.1, 0.15) is 11.9 Å². The van der Waals surface area contributed by atoms with Crippen molar-refractivity contribution in [2.45, 2.75) is 37.8 Å². The molecule has 1 aromatic carbocycles. The highest BCUT2D eigenvalue weighted by Gasteiger charge is 2.27. The summed E-state index contributed by atoms with van der Waals surface area (Å²) < 4.78 is 11.7. The predicted octanol–water partition coefficient (Wildman–Crippen LogP) is 3.80. The molecule has 1 saturated heterocycles. The van der Waals surface area contributed by atoms with Crippen LogP contribution in [0.25, 0.3) is 0 Å². The lowest BCUT2D eigenvalue weighted by atomic mass is 10.0. The molecule has 0 radical (unpaired) electrons. The van der Waals surface area contributed by atoms with Gasteiger partial charge in [-0.1, -0.05) is 12.1 Å². The fourth-order valence-electron chi connectivity index (χ4n) is 4.26. The van der Waals surface area contributed by atoms with E-state index in [2.05, 4.69) is 20.9 Å². The summed E-state index contributed by atoms with van der Waals surface area (Å²) in [5, 5.41) is 9.93. The Morgan fingerprint density at radius 2 is 1.86 bits per heavy atom. The van der Waals surface area contributed by atoms with Crippen LogP contribution in [0.3, 0.4) is 0 Å². The number of methoxy groups -OCH3 is 1. The van der Waals surface area contributed by atoms with Gasteiger partial charge in [-0.15, -0.1) is 0 Å². The molecule has 2 aromatic rings. The van der Waals surface area contributed by atoms with E-state index in [1.807, 2.05) is 42.6 Å². The van der Waals surface area contributed by atoms with E-state index in [4.69, 9.17) is 9.47 Å². The second-order valence-electron chi connectivity index (χ2n) is 7.68. The molecule has 0 amide bonds. The van der Waals surface area contributed by atoms with Crippen LogP contribution in [0, 0.1) is 11.3 Å². The number of nitriles is 1. The smallest absolute Gasteiger partial charge is 0.161 e. The molecule has 4 rings (SSSR count). The number of hydrogen-bond donors (Lipinski definition) is 0. The van der Waals surface area contributed by atoms with Crippen molar-refractivity contribution in [3.63, 3.8) is 0 Å². The highest BCUT2D eigenvalue weighted by molar-refractivity contribution is 5.45. The Balaban J connectivity index is 1.47. The van der Waals surface area contributed by atoms with Crippen molar-refractivity contribution in [2.75, 3.05) is 38.2 Å². The first-order valence-electron chi connectivity index (χ1n) is 10.4. The summed E-state index contributed by atoms with van der Waals surface area (Å²) in [6.07, 6.45) is 6.68. The van der Waals surface area contributed by atoms with Gasteiger partial charge in [-0.25, -0.2) is 4.98 Å². The van der Waals surface area contributed by atoms with E-state index < -0.39 is 0 Å². The van der Waals surface area contributed by atoms with Crippen LogP contribution in [0.5, 0.6) is 11.5 Å². The van der Waals surface area contributed by atoms with E-state index in [-0.39, 0.29) is 12.1 Å². The summed E-state index contributed by atoms with van der Waals surface area (Å²) in [4.78, 5) is 8.95. The number of piperazine rings is 1. The van der Waals surface area contributed by atoms with E-state index in [1.54, 1.807) is 7.11 Å². The third-order valence-corrected chi connectivity index (χ3v) is 5.87. The Kier molecular flexibility index (Phi) is 6.16. The lowest BCUT2D eigenvalue weighted by Gasteiger charge is -2.37. The second-order valence-corrected chi connectivity index (χ2v) is 7.68. The number of aromatic nitrogens is 1. The molecule has 1 saturated carbocycles. The molecule has 2 aliphatic rings. The lowest BCUT2D eigenvalue weighted by Crippen LogP contribution is -2.47. The van der Waals surface area contributed by atoms with Gasteiger partial charge >= 0.3 is 0 Å². The molecule has 6 heteroatoms. The minimum atomic E-state index is -0.294. The molecule has 1 aromatic heterocycles. The quantitative estimate of drug-likeness (QED) is 0.745. The molecule has 152 valence electrons. The minimum Gasteiger partial charge on any atom is -0.493 e. The van der Waals surface area contributed by atoms with Crippen LogP contribution in [0.15, 0.2) is 42.6 Å². The standard InChI is InChI=1S/C23H28N4O2/c1-28-21-10-9-18(16-22(21)29-19-6-2-3-7-19)20(17-24)26-12-14-27(15-13-26)23-8-4-5-11-25-23/h4-5,8-11,16,19-20H,2-3,6-7,12-15H2,1H3. The van der Waals surface area contributed by atoms with Gasteiger partial charge < -0.3 is 14.4 Å². The highest BCUT2D eigenvalue weighted by Crippen LogP contribution is 2.35. The van der Waals surface area contributed by atoms with E-state index in [0.717, 1.165) is 61.9 Å². The van der Waals surface area contributed by atoms with Crippen molar-refractivity contribution in [1.82, 2.24) is 9.88 Å². The summed E-state index contributed by atoms with van der Waals surface area (Å²) in [5.74, 6) is 2.49.